The Kier molecular flexibility index (Phi) is 2.49. The van der Waals surface area contributed by atoms with Gasteiger partial charge in [0.1, 0.15) is 6.17 Å². The Hall–Kier alpha value is 0.220. The van der Waals surface area contributed by atoms with Crippen molar-refractivity contribution in [3.05, 3.63) is 0 Å². The Morgan fingerprint density at radius 3 is 1.67 bits per heavy atom. The van der Waals surface area contributed by atoms with Gasteiger partial charge in [-0.3, -0.25) is 0 Å². The lowest BCUT2D eigenvalue weighted by atomic mass is 10.3. The molecule has 0 aromatic rings. The third kappa shape index (κ3) is 2.46. The zero-order valence-corrected chi connectivity index (χ0v) is 4.67. The van der Waals surface area contributed by atoms with Gasteiger partial charge in [0.2, 0.25) is 0 Å². The van der Waals surface area contributed by atoms with Crippen LogP contribution in [0.25, 0.3) is 0 Å². The maximum atomic E-state index is 11.7. The second kappa shape index (κ2) is 2.40. The smallest absolute Gasteiger partial charge is 0.113 e. The fourth-order valence-electron chi connectivity index (χ4n) is 0. The van der Waals surface area contributed by atoms with E-state index >= 15 is 0 Å². The molecule has 0 aromatic heterocycles. The molecule has 0 bridgehead atoms. The molecule has 0 nitrogen and oxygen atoms in total. The zero-order valence-electron chi connectivity index (χ0n) is 3.91. The average Bonchev–Trinajstić information content (AvgIpc) is 1.36. The second-order valence-corrected chi connectivity index (χ2v) is 2.04. The maximum Gasteiger partial charge on any atom is 0.113 e. The first-order valence-electron chi connectivity index (χ1n) is 1.92. The Labute approximate surface area is 42.3 Å². The standard InChI is InChI=1S/C4H8ClF/c1-3(5)4(2)6/h3-4H,1-2H3/t3-,4+/m0/s1. The molecule has 0 rings (SSSR count). The molecule has 0 fully saturated rings. The van der Waals surface area contributed by atoms with Crippen LogP contribution in [-0.4, -0.2) is 11.5 Å². The molecule has 0 radical (unpaired) electrons. The molecule has 38 valence electrons. The molecule has 0 spiro atoms. The molecular weight excluding hydrogens is 102 g/mol. The fraction of sp³-hybridized carbons (Fsp3) is 1.00. The number of alkyl halides is 2. The van der Waals surface area contributed by atoms with Crippen molar-refractivity contribution in [3.8, 4) is 0 Å². The summed E-state index contributed by atoms with van der Waals surface area (Å²) < 4.78 is 11.7. The third-order valence-corrected chi connectivity index (χ3v) is 0.980. The van der Waals surface area contributed by atoms with Crippen molar-refractivity contribution in [1.82, 2.24) is 0 Å². The van der Waals surface area contributed by atoms with E-state index in [-0.39, 0.29) is 5.38 Å². The van der Waals surface area contributed by atoms with Crippen LogP contribution in [0, 0.1) is 0 Å². The van der Waals surface area contributed by atoms with Gasteiger partial charge < -0.3 is 0 Å². The van der Waals surface area contributed by atoms with E-state index in [4.69, 9.17) is 11.6 Å². The van der Waals surface area contributed by atoms with Crippen molar-refractivity contribution in [1.29, 1.82) is 0 Å². The summed E-state index contributed by atoms with van der Waals surface area (Å²) in [4.78, 5) is 0. The highest BCUT2D eigenvalue weighted by Gasteiger charge is 2.03. The summed E-state index contributed by atoms with van der Waals surface area (Å²) in [6.45, 7) is 3.07. The minimum absolute atomic E-state index is 0.343. The van der Waals surface area contributed by atoms with Crippen LogP contribution < -0.4 is 0 Å². The summed E-state index contributed by atoms with van der Waals surface area (Å²) in [5.74, 6) is 0. The molecule has 0 N–H and O–H groups in total. The van der Waals surface area contributed by atoms with Crippen LogP contribution in [0.15, 0.2) is 0 Å². The van der Waals surface area contributed by atoms with Gasteiger partial charge in [-0.25, -0.2) is 4.39 Å². The number of rotatable bonds is 1. The Morgan fingerprint density at radius 1 is 1.50 bits per heavy atom. The highest BCUT2D eigenvalue weighted by Crippen LogP contribution is 2.02. The van der Waals surface area contributed by atoms with Gasteiger partial charge in [-0.1, -0.05) is 0 Å². The van der Waals surface area contributed by atoms with Gasteiger partial charge in [0, 0.05) is 0 Å². The van der Waals surface area contributed by atoms with E-state index in [1.165, 1.54) is 6.92 Å². The second-order valence-electron chi connectivity index (χ2n) is 1.36. The first-order valence-corrected chi connectivity index (χ1v) is 2.36. The van der Waals surface area contributed by atoms with Gasteiger partial charge >= 0.3 is 0 Å². The van der Waals surface area contributed by atoms with Crippen LogP contribution in [0.4, 0.5) is 4.39 Å². The van der Waals surface area contributed by atoms with Crippen LogP contribution in [0.1, 0.15) is 13.8 Å². The highest BCUT2D eigenvalue weighted by molar-refractivity contribution is 6.20. The van der Waals surface area contributed by atoms with Crippen molar-refractivity contribution < 1.29 is 4.39 Å². The summed E-state index contributed by atoms with van der Waals surface area (Å²) in [5.41, 5.74) is 0. The molecule has 0 aromatic carbocycles. The average molecular weight is 111 g/mol. The van der Waals surface area contributed by atoms with Crippen LogP contribution >= 0.6 is 11.6 Å². The highest BCUT2D eigenvalue weighted by atomic mass is 35.5. The molecule has 0 aliphatic carbocycles. The van der Waals surface area contributed by atoms with E-state index in [0.29, 0.717) is 0 Å². The number of hydrogen-bond donors (Lipinski definition) is 0. The Balaban J connectivity index is 2.99. The molecule has 0 saturated carbocycles. The molecule has 6 heavy (non-hydrogen) atoms. The maximum absolute atomic E-state index is 11.7. The van der Waals surface area contributed by atoms with E-state index in [1.54, 1.807) is 6.92 Å². The lowest BCUT2D eigenvalue weighted by Crippen LogP contribution is -2.05. The van der Waals surface area contributed by atoms with Crippen LogP contribution in [0.5, 0.6) is 0 Å². The van der Waals surface area contributed by atoms with E-state index in [1.807, 2.05) is 0 Å². The Morgan fingerprint density at radius 2 is 1.67 bits per heavy atom. The van der Waals surface area contributed by atoms with Crippen molar-refractivity contribution in [3.63, 3.8) is 0 Å². The molecule has 0 saturated heterocycles. The van der Waals surface area contributed by atoms with Gasteiger partial charge in [-0.05, 0) is 13.8 Å². The van der Waals surface area contributed by atoms with Crippen molar-refractivity contribution in [2.24, 2.45) is 0 Å². The minimum Gasteiger partial charge on any atom is -0.246 e. The van der Waals surface area contributed by atoms with Gasteiger partial charge in [0.15, 0.2) is 0 Å². The van der Waals surface area contributed by atoms with Gasteiger partial charge in [0.05, 0.1) is 5.38 Å². The largest absolute Gasteiger partial charge is 0.246 e. The van der Waals surface area contributed by atoms with Crippen molar-refractivity contribution in [2.75, 3.05) is 0 Å². The van der Waals surface area contributed by atoms with Crippen molar-refractivity contribution >= 4 is 11.6 Å². The molecule has 0 aliphatic rings. The number of halogens is 2. The lowest BCUT2D eigenvalue weighted by molar-refractivity contribution is 0.357. The lowest BCUT2D eigenvalue weighted by Gasteiger charge is -1.98. The topological polar surface area (TPSA) is 0 Å². The summed E-state index contributed by atoms with van der Waals surface area (Å²) >= 11 is 5.24. The van der Waals surface area contributed by atoms with Gasteiger partial charge in [0.25, 0.3) is 0 Å². The van der Waals surface area contributed by atoms with Gasteiger partial charge in [-0.15, -0.1) is 11.6 Å². The monoisotopic (exact) mass is 110 g/mol. The van der Waals surface area contributed by atoms with Crippen LogP contribution in [0.2, 0.25) is 0 Å². The molecule has 0 heterocycles. The van der Waals surface area contributed by atoms with E-state index in [0.717, 1.165) is 0 Å². The number of hydrogen-bond acceptors (Lipinski definition) is 0. The van der Waals surface area contributed by atoms with Crippen LogP contribution in [0.3, 0.4) is 0 Å². The summed E-state index contributed by atoms with van der Waals surface area (Å²) in [5, 5.41) is -0.343. The zero-order chi connectivity index (χ0) is 5.15. The quantitative estimate of drug-likeness (QED) is 0.453. The molecule has 2 atom stereocenters. The van der Waals surface area contributed by atoms with Crippen molar-refractivity contribution in [2.45, 2.75) is 25.4 Å². The van der Waals surface area contributed by atoms with E-state index in [9.17, 15) is 4.39 Å². The first-order chi connectivity index (χ1) is 2.64. The van der Waals surface area contributed by atoms with E-state index in [2.05, 4.69) is 0 Å². The Bertz CT molecular complexity index is 28.5. The van der Waals surface area contributed by atoms with E-state index < -0.39 is 6.17 Å². The predicted octanol–water partition coefficient (Wildman–Crippen LogP) is 1.97. The summed E-state index contributed by atoms with van der Waals surface area (Å²) in [7, 11) is 0. The fourth-order valence-corrected chi connectivity index (χ4v) is 0. The molecule has 2 heteroatoms. The minimum atomic E-state index is -0.883. The molecule has 0 aliphatic heterocycles. The molecule has 0 unspecified atom stereocenters. The van der Waals surface area contributed by atoms with Gasteiger partial charge in [-0.2, -0.15) is 0 Å². The molecular formula is C4H8ClF. The normalized spacial score (nSPS) is 20.0. The summed E-state index contributed by atoms with van der Waals surface area (Å²) in [6.07, 6.45) is -0.883. The SMILES string of the molecule is C[C@H](Cl)[C@@H](C)F. The summed E-state index contributed by atoms with van der Waals surface area (Å²) in [6, 6.07) is 0. The molecule has 0 amide bonds. The third-order valence-electron chi connectivity index (χ3n) is 0.633. The first kappa shape index (κ1) is 6.22. The predicted molar refractivity (Wildman–Crippen MR) is 25.9 cm³/mol. The van der Waals surface area contributed by atoms with Crippen LogP contribution in [-0.2, 0) is 0 Å².